The fourth-order valence-corrected chi connectivity index (χ4v) is 3.83. The van der Waals surface area contributed by atoms with Gasteiger partial charge in [-0.05, 0) is 26.1 Å². The zero-order chi connectivity index (χ0) is 19.6. The van der Waals surface area contributed by atoms with Crippen LogP contribution >= 0.6 is 24.0 Å². The molecule has 0 unspecified atom stereocenters. The summed E-state index contributed by atoms with van der Waals surface area (Å²) in [4.78, 5) is 25.8. The largest absolute Gasteiger partial charge is 0.468 e. The van der Waals surface area contributed by atoms with Crippen molar-refractivity contribution in [1.82, 2.24) is 9.55 Å². The highest BCUT2D eigenvalue weighted by molar-refractivity contribution is 8.22. The van der Waals surface area contributed by atoms with E-state index in [0.717, 1.165) is 0 Å². The number of hydrogen-bond acceptors (Lipinski definition) is 9. The number of ether oxygens (including phenoxy) is 4. The molecule has 3 rings (SSSR count). The van der Waals surface area contributed by atoms with Gasteiger partial charge in [0.25, 0.3) is 5.56 Å². The van der Waals surface area contributed by atoms with Gasteiger partial charge >= 0.3 is 5.69 Å². The standard InChI is InChI=1S/C16H19N3O6S2/c1-16(2)22-8-9-11(25-16)12(24-15(26)27-7-3-5-17)13(23-9)19-6-4-10(20)18-14(19)21/h4,6,9,11-13H,3,7-8H2,1-2H3,(H,18,20,21)/t9-,11+,12-,13-/m1/s1. The van der Waals surface area contributed by atoms with Crippen molar-refractivity contribution in [2.75, 3.05) is 12.4 Å². The van der Waals surface area contributed by atoms with Crippen LogP contribution in [0.5, 0.6) is 0 Å². The van der Waals surface area contributed by atoms with Crippen molar-refractivity contribution >= 4 is 28.4 Å². The lowest BCUT2D eigenvalue weighted by molar-refractivity contribution is -0.299. The van der Waals surface area contributed by atoms with E-state index < -0.39 is 41.6 Å². The molecule has 9 nitrogen and oxygen atoms in total. The molecule has 146 valence electrons. The Balaban J connectivity index is 1.86. The van der Waals surface area contributed by atoms with Crippen molar-refractivity contribution in [2.45, 2.75) is 50.6 Å². The number of thioether (sulfide) groups is 1. The number of aromatic amines is 1. The Bertz CT molecular complexity index is 861. The second-order valence-electron chi connectivity index (χ2n) is 6.46. The van der Waals surface area contributed by atoms with Crippen LogP contribution in [0.25, 0.3) is 0 Å². The van der Waals surface area contributed by atoms with Gasteiger partial charge in [-0.2, -0.15) is 5.26 Å². The molecule has 0 aromatic carbocycles. The maximum Gasteiger partial charge on any atom is 0.330 e. The molecule has 11 heteroatoms. The van der Waals surface area contributed by atoms with E-state index in [9.17, 15) is 9.59 Å². The maximum atomic E-state index is 12.2. The number of nitrogens with one attached hydrogen (secondary N) is 1. The molecule has 27 heavy (non-hydrogen) atoms. The molecule has 2 fully saturated rings. The average Bonchev–Trinajstić information content (AvgIpc) is 2.92. The lowest BCUT2D eigenvalue weighted by Gasteiger charge is -2.38. The molecule has 0 amide bonds. The van der Waals surface area contributed by atoms with E-state index in [-0.39, 0.29) is 11.0 Å². The normalized spacial score (nSPS) is 28.9. The van der Waals surface area contributed by atoms with E-state index in [0.29, 0.717) is 12.2 Å². The van der Waals surface area contributed by atoms with Crippen molar-refractivity contribution in [1.29, 1.82) is 5.26 Å². The van der Waals surface area contributed by atoms with Gasteiger partial charge in [0.05, 0.1) is 12.7 Å². The quantitative estimate of drug-likeness (QED) is 0.568. The second-order valence-corrected chi connectivity index (χ2v) is 8.16. The van der Waals surface area contributed by atoms with Gasteiger partial charge < -0.3 is 18.9 Å². The van der Waals surface area contributed by atoms with Crippen molar-refractivity contribution in [3.8, 4) is 6.07 Å². The van der Waals surface area contributed by atoms with Crippen molar-refractivity contribution in [2.24, 2.45) is 0 Å². The van der Waals surface area contributed by atoms with Gasteiger partial charge in [-0.1, -0.05) is 11.8 Å². The Hall–Kier alpha value is -1.71. The van der Waals surface area contributed by atoms with Crippen LogP contribution in [0, 0.1) is 11.3 Å². The summed E-state index contributed by atoms with van der Waals surface area (Å²) in [6.07, 6.45) is -0.870. The zero-order valence-electron chi connectivity index (χ0n) is 14.7. The summed E-state index contributed by atoms with van der Waals surface area (Å²) in [5.41, 5.74) is -1.13. The summed E-state index contributed by atoms with van der Waals surface area (Å²) in [6.45, 7) is 3.82. The van der Waals surface area contributed by atoms with Crippen molar-refractivity contribution < 1.29 is 18.9 Å². The molecule has 3 heterocycles. The van der Waals surface area contributed by atoms with Crippen LogP contribution in [0.3, 0.4) is 0 Å². The Kier molecular flexibility index (Phi) is 6.02. The van der Waals surface area contributed by atoms with Crippen LogP contribution in [-0.4, -0.2) is 50.4 Å². The molecular formula is C16H19N3O6S2. The highest BCUT2D eigenvalue weighted by Gasteiger charge is 2.53. The Morgan fingerprint density at radius 1 is 1.56 bits per heavy atom. The first kappa shape index (κ1) is 20.0. The van der Waals surface area contributed by atoms with Crippen LogP contribution in [0.15, 0.2) is 21.9 Å². The first-order valence-electron chi connectivity index (χ1n) is 8.30. The fourth-order valence-electron chi connectivity index (χ4n) is 2.93. The number of thiocarbonyl (C=S) groups is 1. The first-order chi connectivity index (χ1) is 12.8. The molecule has 0 spiro atoms. The number of rotatable bonds is 4. The number of aromatic nitrogens is 2. The van der Waals surface area contributed by atoms with E-state index in [4.69, 9.17) is 36.4 Å². The molecule has 1 aromatic rings. The minimum atomic E-state index is -0.851. The van der Waals surface area contributed by atoms with E-state index in [1.54, 1.807) is 13.8 Å². The molecular weight excluding hydrogens is 394 g/mol. The molecule has 0 saturated carbocycles. The zero-order valence-corrected chi connectivity index (χ0v) is 16.4. The van der Waals surface area contributed by atoms with Gasteiger partial charge in [0.1, 0.15) is 12.2 Å². The second kappa shape index (κ2) is 8.12. The topological polar surface area (TPSA) is 116 Å². The molecule has 2 saturated heterocycles. The number of H-pyrrole nitrogens is 1. The van der Waals surface area contributed by atoms with Gasteiger partial charge in [0, 0.05) is 24.4 Å². The van der Waals surface area contributed by atoms with Crippen molar-refractivity contribution in [3.63, 3.8) is 0 Å². The van der Waals surface area contributed by atoms with E-state index in [2.05, 4.69) is 4.98 Å². The SMILES string of the molecule is CC1(C)OC[C@H]2O[C@@H](n3ccc(=O)[nH]c3=O)[C@H](OC(=S)SCCC#N)[C@H]2O1. The van der Waals surface area contributed by atoms with Crippen LogP contribution < -0.4 is 11.2 Å². The summed E-state index contributed by atoms with van der Waals surface area (Å²) < 4.78 is 24.9. The smallest absolute Gasteiger partial charge is 0.330 e. The lowest BCUT2D eigenvalue weighted by Crippen LogP contribution is -2.51. The third kappa shape index (κ3) is 4.59. The minimum Gasteiger partial charge on any atom is -0.468 e. The van der Waals surface area contributed by atoms with Gasteiger partial charge in [0.2, 0.25) is 4.38 Å². The number of nitriles is 1. The lowest BCUT2D eigenvalue weighted by atomic mass is 10.1. The van der Waals surface area contributed by atoms with Gasteiger partial charge in [-0.25, -0.2) is 4.79 Å². The molecule has 4 atom stereocenters. The molecule has 1 N–H and O–H groups in total. The summed E-state index contributed by atoms with van der Waals surface area (Å²) in [6, 6.07) is 3.27. The molecule has 2 aliphatic rings. The fraction of sp³-hybridized carbons (Fsp3) is 0.625. The van der Waals surface area contributed by atoms with Crippen LogP contribution in [0.2, 0.25) is 0 Å². The summed E-state index contributed by atoms with van der Waals surface area (Å²) in [7, 11) is 0. The third-order valence-electron chi connectivity index (χ3n) is 4.09. The van der Waals surface area contributed by atoms with E-state index in [1.165, 1.54) is 28.6 Å². The highest BCUT2D eigenvalue weighted by atomic mass is 32.2. The summed E-state index contributed by atoms with van der Waals surface area (Å²) in [5.74, 6) is -0.345. The minimum absolute atomic E-state index is 0.231. The molecule has 0 radical (unpaired) electrons. The predicted octanol–water partition coefficient (Wildman–Crippen LogP) is 0.902. The Morgan fingerprint density at radius 2 is 2.33 bits per heavy atom. The van der Waals surface area contributed by atoms with Crippen LogP contribution in [0.1, 0.15) is 26.5 Å². The Labute approximate surface area is 164 Å². The van der Waals surface area contributed by atoms with Gasteiger partial charge in [0.15, 0.2) is 18.1 Å². The first-order valence-corrected chi connectivity index (χ1v) is 9.69. The number of nitrogens with zero attached hydrogens (tertiary/aromatic N) is 2. The summed E-state index contributed by atoms with van der Waals surface area (Å²) in [5, 5.41) is 8.65. The van der Waals surface area contributed by atoms with Crippen LogP contribution in [-0.2, 0) is 18.9 Å². The van der Waals surface area contributed by atoms with Gasteiger partial charge in [-0.3, -0.25) is 14.3 Å². The Morgan fingerprint density at radius 3 is 3.04 bits per heavy atom. The molecule has 1 aromatic heterocycles. The number of hydrogen-bond donors (Lipinski definition) is 1. The number of fused-ring (bicyclic) bond motifs is 1. The predicted molar refractivity (Wildman–Crippen MR) is 100 cm³/mol. The monoisotopic (exact) mass is 413 g/mol. The molecule has 0 aliphatic carbocycles. The van der Waals surface area contributed by atoms with E-state index >= 15 is 0 Å². The third-order valence-corrected chi connectivity index (χ3v) is 5.28. The van der Waals surface area contributed by atoms with Crippen LogP contribution in [0.4, 0.5) is 0 Å². The maximum absolute atomic E-state index is 12.2. The molecule has 2 aliphatic heterocycles. The average molecular weight is 413 g/mol. The summed E-state index contributed by atoms with van der Waals surface area (Å²) >= 11 is 6.49. The van der Waals surface area contributed by atoms with Gasteiger partial charge in [-0.15, -0.1) is 0 Å². The van der Waals surface area contributed by atoms with Crippen molar-refractivity contribution in [3.05, 3.63) is 33.1 Å². The molecule has 0 bridgehead atoms. The van der Waals surface area contributed by atoms with E-state index in [1.807, 2.05) is 6.07 Å². The highest BCUT2D eigenvalue weighted by Crippen LogP contribution is 2.39.